The van der Waals surface area contributed by atoms with Crippen LogP contribution in [0.25, 0.3) is 0 Å². The SMILES string of the molecule is CC(=O)NCC1OC(=O)N2c3ccc(Br)cc3OCC12. The fraction of sp³-hybridized carbons (Fsp3) is 0.385. The molecule has 0 aromatic heterocycles. The van der Waals surface area contributed by atoms with Crippen molar-refractivity contribution in [3.63, 3.8) is 0 Å². The van der Waals surface area contributed by atoms with Crippen molar-refractivity contribution in [2.24, 2.45) is 0 Å². The number of hydrogen-bond donors (Lipinski definition) is 1. The summed E-state index contributed by atoms with van der Waals surface area (Å²) in [6, 6.07) is 5.26. The molecule has 0 aliphatic carbocycles. The maximum absolute atomic E-state index is 12.0. The highest BCUT2D eigenvalue weighted by atomic mass is 79.9. The molecule has 2 aliphatic rings. The van der Waals surface area contributed by atoms with Crippen LogP contribution in [0.1, 0.15) is 6.92 Å². The van der Waals surface area contributed by atoms with E-state index in [1.807, 2.05) is 18.2 Å². The lowest BCUT2D eigenvalue weighted by molar-refractivity contribution is -0.119. The quantitative estimate of drug-likeness (QED) is 0.889. The second-order valence-electron chi connectivity index (χ2n) is 4.72. The first kappa shape index (κ1) is 13.2. The van der Waals surface area contributed by atoms with Crippen LogP contribution in [0.15, 0.2) is 22.7 Å². The number of carbonyl (C=O) groups excluding carboxylic acids is 2. The third kappa shape index (κ3) is 2.22. The maximum atomic E-state index is 12.0. The molecule has 2 amide bonds. The van der Waals surface area contributed by atoms with Gasteiger partial charge >= 0.3 is 6.09 Å². The molecule has 1 N–H and O–H groups in total. The van der Waals surface area contributed by atoms with Crippen molar-refractivity contribution < 1.29 is 19.1 Å². The van der Waals surface area contributed by atoms with Crippen LogP contribution in [-0.2, 0) is 9.53 Å². The Kier molecular flexibility index (Phi) is 3.29. The van der Waals surface area contributed by atoms with Gasteiger partial charge in [0.15, 0.2) is 0 Å². The fourth-order valence-corrected chi connectivity index (χ4v) is 2.77. The number of ether oxygens (including phenoxy) is 2. The van der Waals surface area contributed by atoms with Crippen LogP contribution in [0.3, 0.4) is 0 Å². The lowest BCUT2D eigenvalue weighted by atomic mass is 10.1. The number of hydrogen-bond acceptors (Lipinski definition) is 4. The summed E-state index contributed by atoms with van der Waals surface area (Å²) in [4.78, 5) is 24.6. The zero-order valence-electron chi connectivity index (χ0n) is 10.8. The van der Waals surface area contributed by atoms with Gasteiger partial charge in [0.2, 0.25) is 5.91 Å². The Hall–Kier alpha value is -1.76. The summed E-state index contributed by atoms with van der Waals surface area (Å²) in [5.74, 6) is 0.494. The molecule has 7 heteroatoms. The summed E-state index contributed by atoms with van der Waals surface area (Å²) in [6.07, 6.45) is -0.805. The smallest absolute Gasteiger partial charge is 0.415 e. The van der Waals surface area contributed by atoms with Crippen LogP contribution in [0.5, 0.6) is 5.75 Å². The Morgan fingerprint density at radius 3 is 3.10 bits per heavy atom. The van der Waals surface area contributed by atoms with Gasteiger partial charge < -0.3 is 14.8 Å². The minimum atomic E-state index is -0.405. The zero-order chi connectivity index (χ0) is 14.3. The van der Waals surface area contributed by atoms with Crippen LogP contribution in [0, 0.1) is 0 Å². The van der Waals surface area contributed by atoms with E-state index < -0.39 is 12.2 Å². The molecule has 1 aromatic rings. The van der Waals surface area contributed by atoms with Gasteiger partial charge in [-0.05, 0) is 18.2 Å². The number of rotatable bonds is 2. The topological polar surface area (TPSA) is 67.9 Å². The predicted molar refractivity (Wildman–Crippen MR) is 74.9 cm³/mol. The van der Waals surface area contributed by atoms with E-state index in [0.29, 0.717) is 18.0 Å². The Bertz CT molecular complexity index is 577. The highest BCUT2D eigenvalue weighted by Gasteiger charge is 2.46. The first-order valence-corrected chi connectivity index (χ1v) is 7.02. The van der Waals surface area contributed by atoms with Gasteiger partial charge in [0.05, 0.1) is 12.2 Å². The second-order valence-corrected chi connectivity index (χ2v) is 5.64. The first-order valence-electron chi connectivity index (χ1n) is 6.23. The van der Waals surface area contributed by atoms with Crippen molar-refractivity contribution in [1.29, 1.82) is 0 Å². The van der Waals surface area contributed by atoms with Crippen molar-refractivity contribution in [3.05, 3.63) is 22.7 Å². The second kappa shape index (κ2) is 4.97. The largest absolute Gasteiger partial charge is 0.489 e. The van der Waals surface area contributed by atoms with Gasteiger partial charge in [-0.3, -0.25) is 9.69 Å². The van der Waals surface area contributed by atoms with Gasteiger partial charge in [0.25, 0.3) is 0 Å². The average molecular weight is 341 g/mol. The van der Waals surface area contributed by atoms with E-state index in [9.17, 15) is 9.59 Å². The minimum Gasteiger partial charge on any atom is -0.489 e. The average Bonchev–Trinajstić information content (AvgIpc) is 2.73. The number of nitrogens with zero attached hydrogens (tertiary/aromatic N) is 1. The normalized spacial score (nSPS) is 23.5. The maximum Gasteiger partial charge on any atom is 0.415 e. The molecular weight excluding hydrogens is 328 g/mol. The molecule has 1 saturated heterocycles. The summed E-state index contributed by atoms with van der Waals surface area (Å²) in [5, 5.41) is 2.67. The van der Waals surface area contributed by atoms with E-state index in [0.717, 1.165) is 4.47 Å². The van der Waals surface area contributed by atoms with Crippen LogP contribution in [0.2, 0.25) is 0 Å². The van der Waals surface area contributed by atoms with Crippen molar-refractivity contribution in [2.45, 2.75) is 19.1 Å². The number of nitrogens with one attached hydrogen (secondary N) is 1. The monoisotopic (exact) mass is 340 g/mol. The van der Waals surface area contributed by atoms with Gasteiger partial charge in [-0.1, -0.05) is 15.9 Å². The lowest BCUT2D eigenvalue weighted by Crippen LogP contribution is -2.47. The number of benzene rings is 1. The fourth-order valence-electron chi connectivity index (χ4n) is 2.43. The van der Waals surface area contributed by atoms with Gasteiger partial charge in [-0.25, -0.2) is 4.79 Å². The van der Waals surface area contributed by atoms with Gasteiger partial charge in [-0.2, -0.15) is 0 Å². The summed E-state index contributed by atoms with van der Waals surface area (Å²) in [5.41, 5.74) is 0.694. The molecule has 106 valence electrons. The summed E-state index contributed by atoms with van der Waals surface area (Å²) in [7, 11) is 0. The van der Waals surface area contributed by atoms with E-state index in [1.54, 1.807) is 4.90 Å². The predicted octanol–water partition coefficient (Wildman–Crippen LogP) is 1.67. The molecule has 2 atom stereocenters. The Morgan fingerprint density at radius 1 is 1.55 bits per heavy atom. The van der Waals surface area contributed by atoms with Gasteiger partial charge in [0, 0.05) is 11.4 Å². The number of carbonyl (C=O) groups is 2. The summed E-state index contributed by atoms with van der Waals surface area (Å²) in [6.45, 7) is 2.07. The van der Waals surface area contributed by atoms with Crippen LogP contribution >= 0.6 is 15.9 Å². The minimum absolute atomic E-state index is 0.152. The Labute approximate surface area is 124 Å². The molecule has 2 unspecified atom stereocenters. The molecule has 1 fully saturated rings. The van der Waals surface area contributed by atoms with Crippen LogP contribution < -0.4 is 15.0 Å². The van der Waals surface area contributed by atoms with E-state index in [2.05, 4.69) is 21.2 Å². The van der Waals surface area contributed by atoms with E-state index >= 15 is 0 Å². The molecule has 1 aromatic carbocycles. The molecule has 2 heterocycles. The third-order valence-corrected chi connectivity index (χ3v) is 3.85. The molecule has 20 heavy (non-hydrogen) atoms. The lowest BCUT2D eigenvalue weighted by Gasteiger charge is -2.31. The van der Waals surface area contributed by atoms with Crippen LogP contribution in [-0.4, -0.2) is 37.3 Å². The number of fused-ring (bicyclic) bond motifs is 3. The third-order valence-electron chi connectivity index (χ3n) is 3.35. The zero-order valence-corrected chi connectivity index (χ0v) is 12.3. The van der Waals surface area contributed by atoms with Crippen molar-refractivity contribution >= 4 is 33.6 Å². The van der Waals surface area contributed by atoms with E-state index in [4.69, 9.17) is 9.47 Å². The van der Waals surface area contributed by atoms with E-state index in [-0.39, 0.29) is 18.5 Å². The summed E-state index contributed by atoms with van der Waals surface area (Å²) < 4.78 is 11.9. The number of anilines is 1. The standard InChI is InChI=1S/C13H13BrN2O4/c1-7(17)15-5-12-10-6-19-11-4-8(14)2-3-9(11)16(10)13(18)20-12/h2-4,10,12H,5-6H2,1H3,(H,15,17). The molecule has 0 spiro atoms. The van der Waals surface area contributed by atoms with Crippen LogP contribution in [0.4, 0.5) is 10.5 Å². The molecular formula is C13H13BrN2O4. The number of halogens is 1. The number of amides is 2. The molecule has 0 bridgehead atoms. The summed E-state index contributed by atoms with van der Waals surface area (Å²) >= 11 is 3.37. The van der Waals surface area contributed by atoms with Crippen molar-refractivity contribution in [3.8, 4) is 5.75 Å². The van der Waals surface area contributed by atoms with Gasteiger partial charge in [-0.15, -0.1) is 0 Å². The van der Waals surface area contributed by atoms with E-state index in [1.165, 1.54) is 6.92 Å². The van der Waals surface area contributed by atoms with Gasteiger partial charge in [0.1, 0.15) is 24.5 Å². The van der Waals surface area contributed by atoms with Crippen molar-refractivity contribution in [2.75, 3.05) is 18.1 Å². The molecule has 0 radical (unpaired) electrons. The Balaban J connectivity index is 1.86. The van der Waals surface area contributed by atoms with Crippen molar-refractivity contribution in [1.82, 2.24) is 5.32 Å². The molecule has 0 saturated carbocycles. The molecule has 3 rings (SSSR count). The highest BCUT2D eigenvalue weighted by molar-refractivity contribution is 9.10. The highest BCUT2D eigenvalue weighted by Crippen LogP contribution is 2.39. The molecule has 2 aliphatic heterocycles. The Morgan fingerprint density at radius 2 is 2.35 bits per heavy atom. The molecule has 6 nitrogen and oxygen atoms in total. The number of cyclic esters (lactones) is 1. The first-order chi connectivity index (χ1) is 9.56.